The summed E-state index contributed by atoms with van der Waals surface area (Å²) < 4.78 is 5.69. The van der Waals surface area contributed by atoms with Gasteiger partial charge in [-0.2, -0.15) is 0 Å². The zero-order chi connectivity index (χ0) is 14.8. The van der Waals surface area contributed by atoms with Gasteiger partial charge in [-0.3, -0.25) is 9.69 Å². The first kappa shape index (κ1) is 16.5. The number of benzene rings is 1. The maximum Gasteiger partial charge on any atom is 0.304 e. The molecule has 0 fully saturated rings. The van der Waals surface area contributed by atoms with Gasteiger partial charge in [-0.25, -0.2) is 0 Å². The van der Waals surface area contributed by atoms with Crippen molar-refractivity contribution >= 4 is 5.97 Å². The van der Waals surface area contributed by atoms with Gasteiger partial charge >= 0.3 is 5.97 Å². The Kier molecular flexibility index (Phi) is 7.73. The Labute approximate surface area is 121 Å². The van der Waals surface area contributed by atoms with Crippen molar-refractivity contribution in [2.75, 3.05) is 26.2 Å². The summed E-state index contributed by atoms with van der Waals surface area (Å²) in [6.45, 7) is 7.06. The van der Waals surface area contributed by atoms with Crippen molar-refractivity contribution in [3.63, 3.8) is 0 Å². The molecule has 0 spiro atoms. The van der Waals surface area contributed by atoms with Gasteiger partial charge in [-0.05, 0) is 32.0 Å². The molecule has 0 atom stereocenters. The maximum atomic E-state index is 10.6. The average molecular weight is 279 g/mol. The van der Waals surface area contributed by atoms with Crippen molar-refractivity contribution in [2.45, 2.75) is 33.1 Å². The number of carboxylic acid groups (broad SMARTS) is 1. The molecule has 0 aromatic heterocycles. The summed E-state index contributed by atoms with van der Waals surface area (Å²) in [4.78, 5) is 12.8. The third-order valence-electron chi connectivity index (χ3n) is 3.17. The van der Waals surface area contributed by atoms with Gasteiger partial charge in [0.05, 0.1) is 6.42 Å². The van der Waals surface area contributed by atoms with Gasteiger partial charge in [0.2, 0.25) is 0 Å². The van der Waals surface area contributed by atoms with Crippen LogP contribution in [-0.4, -0.2) is 42.2 Å². The molecule has 4 nitrogen and oxygen atoms in total. The third-order valence-corrected chi connectivity index (χ3v) is 3.17. The standard InChI is InChI=1S/C16H25NO3/c1-3-4-10-17(11-9-16(18)19)12-13-20-15-7-5-14(2)6-8-15/h5-8H,3-4,9-13H2,1-2H3,(H,18,19). The summed E-state index contributed by atoms with van der Waals surface area (Å²) in [5, 5.41) is 8.76. The van der Waals surface area contributed by atoms with Gasteiger partial charge in [0.25, 0.3) is 0 Å². The van der Waals surface area contributed by atoms with Crippen LogP contribution >= 0.6 is 0 Å². The zero-order valence-corrected chi connectivity index (χ0v) is 12.5. The molecule has 0 aliphatic heterocycles. The van der Waals surface area contributed by atoms with Crippen LogP contribution in [0.15, 0.2) is 24.3 Å². The lowest BCUT2D eigenvalue weighted by Gasteiger charge is -2.21. The summed E-state index contributed by atoms with van der Waals surface area (Å²) in [5.74, 6) is 0.121. The fraction of sp³-hybridized carbons (Fsp3) is 0.562. The molecular formula is C16H25NO3. The van der Waals surface area contributed by atoms with Gasteiger partial charge in [0.15, 0.2) is 0 Å². The number of hydrogen-bond acceptors (Lipinski definition) is 3. The highest BCUT2D eigenvalue weighted by Gasteiger charge is 2.07. The minimum atomic E-state index is -0.744. The molecule has 0 saturated carbocycles. The van der Waals surface area contributed by atoms with E-state index in [4.69, 9.17) is 9.84 Å². The Hall–Kier alpha value is -1.55. The molecule has 1 aromatic carbocycles. The molecule has 0 bridgehead atoms. The van der Waals surface area contributed by atoms with Crippen molar-refractivity contribution in [3.05, 3.63) is 29.8 Å². The summed E-state index contributed by atoms with van der Waals surface area (Å²) in [6, 6.07) is 7.97. The lowest BCUT2D eigenvalue weighted by atomic mass is 10.2. The Bertz CT molecular complexity index is 389. The van der Waals surface area contributed by atoms with Crippen molar-refractivity contribution in [2.24, 2.45) is 0 Å². The smallest absolute Gasteiger partial charge is 0.304 e. The van der Waals surface area contributed by atoms with Crippen LogP contribution in [0, 0.1) is 6.92 Å². The van der Waals surface area contributed by atoms with Crippen LogP contribution in [0.1, 0.15) is 31.7 Å². The van der Waals surface area contributed by atoms with E-state index in [-0.39, 0.29) is 6.42 Å². The van der Waals surface area contributed by atoms with Gasteiger partial charge in [0.1, 0.15) is 12.4 Å². The van der Waals surface area contributed by atoms with E-state index in [1.165, 1.54) is 5.56 Å². The second-order valence-electron chi connectivity index (χ2n) is 5.00. The highest BCUT2D eigenvalue weighted by Crippen LogP contribution is 2.11. The quantitative estimate of drug-likeness (QED) is 0.715. The fourth-order valence-electron chi connectivity index (χ4n) is 1.90. The fourth-order valence-corrected chi connectivity index (χ4v) is 1.90. The highest BCUT2D eigenvalue weighted by molar-refractivity contribution is 5.66. The molecule has 1 N–H and O–H groups in total. The molecule has 0 unspecified atom stereocenters. The van der Waals surface area contributed by atoms with E-state index in [9.17, 15) is 4.79 Å². The minimum Gasteiger partial charge on any atom is -0.492 e. The van der Waals surface area contributed by atoms with E-state index in [1.54, 1.807) is 0 Å². The number of carboxylic acids is 1. The number of unbranched alkanes of at least 4 members (excludes halogenated alkanes) is 1. The van der Waals surface area contributed by atoms with Crippen LogP contribution in [0.3, 0.4) is 0 Å². The lowest BCUT2D eigenvalue weighted by Crippen LogP contribution is -2.31. The Morgan fingerprint density at radius 3 is 2.50 bits per heavy atom. The van der Waals surface area contributed by atoms with Crippen LogP contribution in [0.4, 0.5) is 0 Å². The average Bonchev–Trinajstić information content (AvgIpc) is 2.43. The Morgan fingerprint density at radius 2 is 1.90 bits per heavy atom. The van der Waals surface area contributed by atoms with E-state index in [0.29, 0.717) is 13.2 Å². The summed E-state index contributed by atoms with van der Waals surface area (Å²) in [6.07, 6.45) is 2.39. The SMILES string of the molecule is CCCCN(CCOc1ccc(C)cc1)CCC(=O)O. The van der Waals surface area contributed by atoms with Gasteiger partial charge in [-0.1, -0.05) is 31.0 Å². The number of aliphatic carboxylic acids is 1. The number of ether oxygens (including phenoxy) is 1. The van der Waals surface area contributed by atoms with E-state index in [2.05, 4.69) is 11.8 Å². The predicted molar refractivity (Wildman–Crippen MR) is 80.3 cm³/mol. The molecule has 0 aliphatic carbocycles. The number of carbonyl (C=O) groups is 1. The topological polar surface area (TPSA) is 49.8 Å². The molecule has 20 heavy (non-hydrogen) atoms. The summed E-state index contributed by atoms with van der Waals surface area (Å²) >= 11 is 0. The molecule has 0 radical (unpaired) electrons. The van der Waals surface area contributed by atoms with E-state index in [1.807, 2.05) is 31.2 Å². The monoisotopic (exact) mass is 279 g/mol. The van der Waals surface area contributed by atoms with E-state index >= 15 is 0 Å². The van der Waals surface area contributed by atoms with Gasteiger partial charge < -0.3 is 9.84 Å². The molecular weight excluding hydrogens is 254 g/mol. The molecule has 0 saturated heterocycles. The van der Waals surface area contributed by atoms with Crippen LogP contribution in [0.5, 0.6) is 5.75 Å². The van der Waals surface area contributed by atoms with Crippen molar-refractivity contribution in [1.29, 1.82) is 0 Å². The number of nitrogens with zero attached hydrogens (tertiary/aromatic N) is 1. The van der Waals surface area contributed by atoms with Gasteiger partial charge in [-0.15, -0.1) is 0 Å². The second-order valence-corrected chi connectivity index (χ2v) is 5.00. The maximum absolute atomic E-state index is 10.6. The predicted octanol–water partition coefficient (Wildman–Crippen LogP) is 2.95. The van der Waals surface area contributed by atoms with Crippen molar-refractivity contribution < 1.29 is 14.6 Å². The molecule has 0 heterocycles. The number of hydrogen-bond donors (Lipinski definition) is 1. The van der Waals surface area contributed by atoms with Gasteiger partial charge in [0, 0.05) is 13.1 Å². The number of aryl methyl sites for hydroxylation is 1. The molecule has 112 valence electrons. The first-order chi connectivity index (χ1) is 9.61. The van der Waals surface area contributed by atoms with Crippen molar-refractivity contribution in [3.8, 4) is 5.75 Å². The molecule has 4 heteroatoms. The first-order valence-electron chi connectivity index (χ1n) is 7.25. The van der Waals surface area contributed by atoms with Crippen LogP contribution in [-0.2, 0) is 4.79 Å². The molecule has 1 aromatic rings. The Morgan fingerprint density at radius 1 is 1.20 bits per heavy atom. The second kappa shape index (κ2) is 9.37. The lowest BCUT2D eigenvalue weighted by molar-refractivity contribution is -0.137. The minimum absolute atomic E-state index is 0.189. The van der Waals surface area contributed by atoms with Crippen molar-refractivity contribution in [1.82, 2.24) is 4.90 Å². The number of rotatable bonds is 10. The normalized spacial score (nSPS) is 10.8. The molecule has 0 aliphatic rings. The van der Waals surface area contributed by atoms with Crippen LogP contribution in [0.2, 0.25) is 0 Å². The molecule has 1 rings (SSSR count). The first-order valence-corrected chi connectivity index (χ1v) is 7.25. The highest BCUT2D eigenvalue weighted by atomic mass is 16.5. The van der Waals surface area contributed by atoms with E-state index < -0.39 is 5.97 Å². The summed E-state index contributed by atoms with van der Waals surface area (Å²) in [5.41, 5.74) is 1.21. The zero-order valence-electron chi connectivity index (χ0n) is 12.5. The summed E-state index contributed by atoms with van der Waals surface area (Å²) in [7, 11) is 0. The van der Waals surface area contributed by atoms with E-state index in [0.717, 1.165) is 31.7 Å². The largest absolute Gasteiger partial charge is 0.492 e. The van der Waals surface area contributed by atoms with Crippen LogP contribution in [0.25, 0.3) is 0 Å². The Balaban J connectivity index is 2.32. The van der Waals surface area contributed by atoms with Crippen LogP contribution < -0.4 is 4.74 Å². The third kappa shape index (κ3) is 7.14. The molecule has 0 amide bonds.